The van der Waals surface area contributed by atoms with E-state index >= 15 is 0 Å². The van der Waals surface area contributed by atoms with Crippen molar-refractivity contribution in [3.05, 3.63) is 57.2 Å². The molecule has 1 fully saturated rings. The number of rotatable bonds is 6. The largest absolute Gasteiger partial charge is 0.507 e. The first-order valence-corrected chi connectivity index (χ1v) is 13.3. The van der Waals surface area contributed by atoms with Gasteiger partial charge in [-0.3, -0.25) is 4.79 Å². The van der Waals surface area contributed by atoms with Crippen LogP contribution in [0, 0.1) is 0 Å². The number of phenols is 1. The first kappa shape index (κ1) is 24.8. The van der Waals surface area contributed by atoms with E-state index in [1.165, 1.54) is 18.8 Å². The minimum absolute atomic E-state index is 0.0392. The number of hydrogen-bond acceptors (Lipinski definition) is 8. The molecule has 1 saturated heterocycles. The van der Waals surface area contributed by atoms with Gasteiger partial charge < -0.3 is 28.6 Å². The zero-order valence-corrected chi connectivity index (χ0v) is 20.8. The lowest BCUT2D eigenvalue weighted by atomic mass is 9.85. The maximum Gasteiger partial charge on any atom is 0.376 e. The van der Waals surface area contributed by atoms with Gasteiger partial charge in [-0.25, -0.2) is 4.57 Å². The number of aliphatic hydroxyl groups is 1. The summed E-state index contributed by atoms with van der Waals surface area (Å²) < 4.78 is 30.1. The first-order chi connectivity index (χ1) is 16.1. The molecule has 0 radical (unpaired) electrons. The summed E-state index contributed by atoms with van der Waals surface area (Å²) in [4.78, 5) is 15.1. The zero-order valence-electron chi connectivity index (χ0n) is 19.2. The van der Waals surface area contributed by atoms with E-state index in [9.17, 15) is 19.6 Å². The smallest absolute Gasteiger partial charge is 0.376 e. The van der Waals surface area contributed by atoms with Gasteiger partial charge in [-0.1, -0.05) is 23.7 Å². The first-order valence-electron chi connectivity index (χ1n) is 11.0. The minimum Gasteiger partial charge on any atom is -0.507 e. The zero-order chi connectivity index (χ0) is 24.6. The summed E-state index contributed by atoms with van der Waals surface area (Å²) in [6, 6.07) is 9.42. The molecule has 1 aliphatic heterocycles. The van der Waals surface area contributed by atoms with Crippen molar-refractivity contribution in [3.63, 3.8) is 0 Å². The Kier molecular flexibility index (Phi) is 7.08. The number of aliphatic hydroxyl groups excluding tert-OH is 1. The molecule has 0 amide bonds. The molecule has 10 heteroatoms. The molecule has 8 nitrogen and oxygen atoms in total. The van der Waals surface area contributed by atoms with Gasteiger partial charge in [0.2, 0.25) is 0 Å². The number of β-amino-alcohol motifs (C(OH)–C–C–N with tert-alkyl or cyclic N) is 1. The number of aromatic hydroxyl groups is 1. The van der Waals surface area contributed by atoms with Crippen molar-refractivity contribution >= 4 is 30.2 Å². The molecule has 3 atom stereocenters. The van der Waals surface area contributed by atoms with E-state index in [1.54, 1.807) is 31.2 Å². The third-order valence-electron chi connectivity index (χ3n) is 5.90. The number of piperidine rings is 1. The number of likely N-dealkylation sites (tertiary alicyclic amines) is 1. The van der Waals surface area contributed by atoms with Crippen molar-refractivity contribution in [2.24, 2.45) is 0 Å². The van der Waals surface area contributed by atoms with Gasteiger partial charge in [-0.05, 0) is 39.1 Å². The quantitative estimate of drug-likeness (QED) is 0.456. The predicted octanol–water partition coefficient (Wildman–Crippen LogP) is 4.84. The van der Waals surface area contributed by atoms with Crippen LogP contribution in [0.15, 0.2) is 45.6 Å². The van der Waals surface area contributed by atoms with Gasteiger partial charge in [-0.2, -0.15) is 0 Å². The van der Waals surface area contributed by atoms with Crippen LogP contribution < -0.4 is 9.95 Å². The topological polar surface area (TPSA) is 109 Å². The molecule has 3 aromatic rings. The number of halogens is 1. The molecule has 182 valence electrons. The molecule has 1 aliphatic rings. The highest BCUT2D eigenvalue weighted by Gasteiger charge is 2.35. The highest BCUT2D eigenvalue weighted by Crippen LogP contribution is 2.50. The Hall–Kier alpha value is -2.35. The van der Waals surface area contributed by atoms with Crippen LogP contribution in [0.25, 0.3) is 22.3 Å². The van der Waals surface area contributed by atoms with Gasteiger partial charge in [0.15, 0.2) is 5.43 Å². The Morgan fingerprint density at radius 3 is 2.71 bits per heavy atom. The molecule has 0 bridgehead atoms. The number of likely N-dealkylation sites (N-methyl/N-ethyl adjacent to an activating group) is 1. The normalized spacial score (nSPS) is 20.9. The van der Waals surface area contributed by atoms with E-state index < -0.39 is 25.0 Å². The molecular formula is C24H27ClNO7P. The average molecular weight is 508 g/mol. The van der Waals surface area contributed by atoms with E-state index in [2.05, 4.69) is 0 Å². The van der Waals surface area contributed by atoms with Crippen molar-refractivity contribution in [2.45, 2.75) is 25.4 Å². The standard InChI is InChI=1S/C24H27ClNO7P/c1-4-31-34(3,30)33-21-12-18(28)23-17(27)11-20(14-7-5-6-8-16(14)25)32-24(23)22(21)15-9-10-26(2)13-19(15)29/h5-8,11-12,15,19,28-29H,4,9-10,13H2,1-3H3/t15-,19+,34?/m0/s1. The molecule has 1 unspecified atom stereocenters. The number of benzene rings is 2. The van der Waals surface area contributed by atoms with Crippen LogP contribution in [0.1, 0.15) is 24.8 Å². The molecule has 2 heterocycles. The van der Waals surface area contributed by atoms with Gasteiger partial charge in [0, 0.05) is 42.4 Å². The number of hydrogen-bond donors (Lipinski definition) is 2. The molecule has 34 heavy (non-hydrogen) atoms. The van der Waals surface area contributed by atoms with Crippen molar-refractivity contribution in [3.8, 4) is 22.8 Å². The maximum atomic E-state index is 13.1. The second-order valence-electron chi connectivity index (χ2n) is 8.47. The van der Waals surface area contributed by atoms with Gasteiger partial charge in [-0.15, -0.1) is 0 Å². The monoisotopic (exact) mass is 507 g/mol. The van der Waals surface area contributed by atoms with Crippen LogP contribution >= 0.6 is 19.2 Å². The summed E-state index contributed by atoms with van der Waals surface area (Å²) >= 11 is 6.34. The summed E-state index contributed by atoms with van der Waals surface area (Å²) in [6.07, 6.45) is -0.289. The van der Waals surface area contributed by atoms with Crippen molar-refractivity contribution in [1.29, 1.82) is 0 Å². The molecular weight excluding hydrogens is 481 g/mol. The van der Waals surface area contributed by atoms with Crippen molar-refractivity contribution < 1.29 is 28.2 Å². The van der Waals surface area contributed by atoms with E-state index in [0.29, 0.717) is 35.7 Å². The fourth-order valence-electron chi connectivity index (χ4n) is 4.40. The van der Waals surface area contributed by atoms with E-state index in [0.717, 1.165) is 0 Å². The Bertz CT molecular complexity index is 1320. The highest BCUT2D eigenvalue weighted by molar-refractivity contribution is 7.53. The van der Waals surface area contributed by atoms with Gasteiger partial charge in [0.05, 0.1) is 17.7 Å². The Labute approximate surface area is 202 Å². The third kappa shape index (κ3) is 4.88. The predicted molar refractivity (Wildman–Crippen MR) is 131 cm³/mol. The highest BCUT2D eigenvalue weighted by atomic mass is 35.5. The van der Waals surface area contributed by atoms with Crippen molar-refractivity contribution in [2.75, 3.05) is 33.4 Å². The maximum absolute atomic E-state index is 13.1. The van der Waals surface area contributed by atoms with Crippen LogP contribution in [0.2, 0.25) is 5.02 Å². The lowest BCUT2D eigenvalue weighted by molar-refractivity contribution is 0.0633. The lowest BCUT2D eigenvalue weighted by Crippen LogP contribution is -2.40. The summed E-state index contributed by atoms with van der Waals surface area (Å²) in [7, 11) is -1.66. The number of phenolic OH excluding ortho intramolecular Hbond substituents is 1. The minimum atomic E-state index is -3.56. The SMILES string of the molecule is CCOP(C)(=O)Oc1cc(O)c2c(=O)cc(-c3ccccc3Cl)oc2c1[C@H]1CCN(C)C[C@H]1O. The molecule has 1 aromatic heterocycles. The summed E-state index contributed by atoms with van der Waals surface area (Å²) in [6.45, 7) is 4.23. The number of nitrogens with zero attached hydrogens (tertiary/aromatic N) is 1. The van der Waals surface area contributed by atoms with E-state index in [1.807, 2.05) is 11.9 Å². The fraction of sp³-hybridized carbons (Fsp3) is 0.375. The second kappa shape index (κ2) is 9.72. The van der Waals surface area contributed by atoms with Crippen LogP contribution in [0.5, 0.6) is 11.5 Å². The Morgan fingerprint density at radius 1 is 1.29 bits per heavy atom. The summed E-state index contributed by atoms with van der Waals surface area (Å²) in [5, 5.41) is 22.0. The molecule has 0 saturated carbocycles. The van der Waals surface area contributed by atoms with E-state index in [-0.39, 0.29) is 34.8 Å². The van der Waals surface area contributed by atoms with Crippen LogP contribution in [-0.2, 0) is 9.09 Å². The average Bonchev–Trinajstić information content (AvgIpc) is 2.74. The fourth-order valence-corrected chi connectivity index (χ4v) is 5.66. The van der Waals surface area contributed by atoms with Gasteiger partial charge in [0.25, 0.3) is 0 Å². The summed E-state index contributed by atoms with van der Waals surface area (Å²) in [5.41, 5.74) is 0.441. The second-order valence-corrected chi connectivity index (χ2v) is 10.9. The van der Waals surface area contributed by atoms with Crippen LogP contribution in [0.4, 0.5) is 0 Å². The lowest BCUT2D eigenvalue weighted by Gasteiger charge is -2.35. The van der Waals surface area contributed by atoms with E-state index in [4.69, 9.17) is 25.1 Å². The van der Waals surface area contributed by atoms with Crippen molar-refractivity contribution in [1.82, 2.24) is 4.90 Å². The van der Waals surface area contributed by atoms with Gasteiger partial charge in [0.1, 0.15) is 28.2 Å². The summed E-state index contributed by atoms with van der Waals surface area (Å²) in [5.74, 6) is -0.641. The Balaban J connectivity index is 2.02. The Morgan fingerprint density at radius 2 is 2.03 bits per heavy atom. The van der Waals surface area contributed by atoms with Crippen LogP contribution in [-0.4, -0.2) is 54.6 Å². The van der Waals surface area contributed by atoms with Gasteiger partial charge >= 0.3 is 7.60 Å². The molecule has 2 aromatic carbocycles. The van der Waals surface area contributed by atoms with Crippen LogP contribution in [0.3, 0.4) is 0 Å². The number of fused-ring (bicyclic) bond motifs is 1. The molecule has 4 rings (SSSR count). The third-order valence-corrected chi connectivity index (χ3v) is 7.49. The molecule has 0 aliphatic carbocycles. The molecule has 2 N–H and O–H groups in total. The molecule has 0 spiro atoms.